The van der Waals surface area contributed by atoms with Gasteiger partial charge in [0.2, 0.25) is 0 Å². The van der Waals surface area contributed by atoms with Crippen molar-refractivity contribution in [2.24, 2.45) is 0 Å². The van der Waals surface area contributed by atoms with Crippen LogP contribution in [0.3, 0.4) is 0 Å². The second-order valence-corrected chi connectivity index (χ2v) is 6.24. The summed E-state index contributed by atoms with van der Waals surface area (Å²) in [5.41, 5.74) is 1.64. The Morgan fingerprint density at radius 1 is 1.00 bits per heavy atom. The largest absolute Gasteiger partial charge is 0.490 e. The van der Waals surface area contributed by atoms with Crippen molar-refractivity contribution in [3.8, 4) is 11.5 Å². The van der Waals surface area contributed by atoms with E-state index in [9.17, 15) is 14.0 Å². The van der Waals surface area contributed by atoms with Gasteiger partial charge in [0.05, 0.1) is 13.2 Å². The van der Waals surface area contributed by atoms with Gasteiger partial charge < -0.3 is 19.5 Å². The summed E-state index contributed by atoms with van der Waals surface area (Å²) in [6.07, 6.45) is 3.27. The van der Waals surface area contributed by atoms with Crippen LogP contribution in [0.25, 0.3) is 6.08 Å². The van der Waals surface area contributed by atoms with Crippen LogP contribution < -0.4 is 14.8 Å². The molecular weight excluding hydrogens is 389 g/mol. The number of rotatable bonds is 11. The number of benzene rings is 2. The van der Waals surface area contributed by atoms with Crippen molar-refractivity contribution in [2.45, 2.75) is 20.3 Å². The fraction of sp³-hybridized carbons (Fsp3) is 0.304. The predicted octanol–water partition coefficient (Wildman–Crippen LogP) is 3.54. The average Bonchev–Trinajstić information content (AvgIpc) is 2.74. The van der Waals surface area contributed by atoms with Crippen molar-refractivity contribution in [3.63, 3.8) is 0 Å². The average molecular weight is 415 g/mol. The van der Waals surface area contributed by atoms with E-state index < -0.39 is 11.9 Å². The summed E-state index contributed by atoms with van der Waals surface area (Å²) in [4.78, 5) is 23.5. The van der Waals surface area contributed by atoms with Gasteiger partial charge in [0.15, 0.2) is 18.1 Å². The minimum absolute atomic E-state index is 0.356. The van der Waals surface area contributed by atoms with Crippen molar-refractivity contribution in [3.05, 3.63) is 65.5 Å². The molecule has 0 atom stereocenters. The lowest BCUT2D eigenvalue weighted by molar-refractivity contribution is -0.143. The molecule has 0 unspecified atom stereocenters. The van der Waals surface area contributed by atoms with E-state index in [4.69, 9.17) is 14.2 Å². The summed E-state index contributed by atoms with van der Waals surface area (Å²) in [5, 5.41) is 2.70. The number of amides is 1. The van der Waals surface area contributed by atoms with Gasteiger partial charge in [-0.3, -0.25) is 4.79 Å². The maximum absolute atomic E-state index is 12.8. The van der Waals surface area contributed by atoms with E-state index in [2.05, 4.69) is 5.32 Å². The molecule has 7 heteroatoms. The fourth-order valence-electron chi connectivity index (χ4n) is 2.57. The number of ether oxygens (including phenoxy) is 3. The first-order valence-electron chi connectivity index (χ1n) is 9.77. The van der Waals surface area contributed by atoms with E-state index in [1.165, 1.54) is 36.4 Å². The first kappa shape index (κ1) is 22.9. The summed E-state index contributed by atoms with van der Waals surface area (Å²) in [6.45, 7) is 4.90. The van der Waals surface area contributed by atoms with E-state index in [-0.39, 0.29) is 12.4 Å². The first-order chi connectivity index (χ1) is 14.5. The highest BCUT2D eigenvalue weighted by Gasteiger charge is 2.08. The van der Waals surface area contributed by atoms with Gasteiger partial charge >= 0.3 is 5.97 Å². The maximum atomic E-state index is 12.8. The lowest BCUT2D eigenvalue weighted by Gasteiger charge is -2.12. The van der Waals surface area contributed by atoms with Gasteiger partial charge in [-0.15, -0.1) is 0 Å². The standard InChI is InChI=1S/C23H26FNO5/c1-3-28-20-11-7-18(15-21(20)29-4-2)13-14-25-22(26)16-30-23(27)12-8-17-5-9-19(24)10-6-17/h5-12,15H,3-4,13-14,16H2,1-2H3,(H,25,26)/b12-8+. The van der Waals surface area contributed by atoms with E-state index in [1.54, 1.807) is 0 Å². The van der Waals surface area contributed by atoms with Gasteiger partial charge in [-0.2, -0.15) is 0 Å². The van der Waals surface area contributed by atoms with Gasteiger partial charge in [0.25, 0.3) is 5.91 Å². The molecule has 0 bridgehead atoms. The third-order valence-electron chi connectivity index (χ3n) is 3.97. The Hall–Kier alpha value is -3.35. The molecule has 0 fully saturated rings. The molecule has 0 spiro atoms. The molecule has 30 heavy (non-hydrogen) atoms. The molecule has 0 aliphatic carbocycles. The zero-order valence-corrected chi connectivity index (χ0v) is 17.2. The van der Waals surface area contributed by atoms with Crippen molar-refractivity contribution < 1.29 is 28.2 Å². The maximum Gasteiger partial charge on any atom is 0.331 e. The Kier molecular flexibility index (Phi) is 9.37. The summed E-state index contributed by atoms with van der Waals surface area (Å²) in [7, 11) is 0. The molecule has 2 rings (SSSR count). The Morgan fingerprint density at radius 3 is 2.40 bits per heavy atom. The highest BCUT2D eigenvalue weighted by Crippen LogP contribution is 2.28. The Labute approximate surface area is 175 Å². The summed E-state index contributed by atoms with van der Waals surface area (Å²) in [6, 6.07) is 11.3. The summed E-state index contributed by atoms with van der Waals surface area (Å²) in [5.74, 6) is -0.0413. The quantitative estimate of drug-likeness (QED) is 0.449. The molecular formula is C23H26FNO5. The molecule has 1 N–H and O–H groups in total. The number of nitrogens with one attached hydrogen (secondary N) is 1. The van der Waals surface area contributed by atoms with Crippen LogP contribution in [0.2, 0.25) is 0 Å². The number of carbonyl (C=O) groups is 2. The van der Waals surface area contributed by atoms with Crippen molar-refractivity contribution in [1.29, 1.82) is 0 Å². The fourth-order valence-corrected chi connectivity index (χ4v) is 2.57. The molecule has 0 aromatic heterocycles. The van der Waals surface area contributed by atoms with Crippen molar-refractivity contribution in [1.82, 2.24) is 5.32 Å². The molecule has 0 radical (unpaired) electrons. The number of hydrogen-bond donors (Lipinski definition) is 1. The number of esters is 1. The normalized spacial score (nSPS) is 10.6. The predicted molar refractivity (Wildman–Crippen MR) is 112 cm³/mol. The molecule has 2 aromatic rings. The van der Waals surface area contributed by atoms with Crippen LogP contribution in [-0.2, 0) is 20.7 Å². The monoisotopic (exact) mass is 415 g/mol. The number of hydrogen-bond acceptors (Lipinski definition) is 5. The Balaban J connectivity index is 1.73. The smallest absolute Gasteiger partial charge is 0.331 e. The van der Waals surface area contributed by atoms with Gasteiger partial charge in [0.1, 0.15) is 5.82 Å². The topological polar surface area (TPSA) is 73.9 Å². The lowest BCUT2D eigenvalue weighted by atomic mass is 10.1. The van der Waals surface area contributed by atoms with Crippen LogP contribution in [-0.4, -0.2) is 38.2 Å². The molecule has 0 aliphatic heterocycles. The van der Waals surface area contributed by atoms with E-state index in [0.717, 1.165) is 5.56 Å². The van der Waals surface area contributed by atoms with Crippen LogP contribution in [0.4, 0.5) is 4.39 Å². The highest BCUT2D eigenvalue weighted by molar-refractivity contribution is 5.89. The molecule has 160 valence electrons. The molecule has 0 saturated heterocycles. The van der Waals surface area contributed by atoms with Crippen LogP contribution in [0.1, 0.15) is 25.0 Å². The summed E-state index contributed by atoms with van der Waals surface area (Å²) >= 11 is 0. The Morgan fingerprint density at radius 2 is 1.70 bits per heavy atom. The van der Waals surface area contributed by atoms with Gasteiger partial charge in [-0.25, -0.2) is 9.18 Å². The zero-order chi connectivity index (χ0) is 21.8. The molecule has 0 heterocycles. The van der Waals surface area contributed by atoms with Crippen molar-refractivity contribution in [2.75, 3.05) is 26.4 Å². The van der Waals surface area contributed by atoms with Gasteiger partial charge in [-0.05, 0) is 61.7 Å². The second kappa shape index (κ2) is 12.3. The van der Waals surface area contributed by atoms with Crippen LogP contribution in [0.15, 0.2) is 48.5 Å². The second-order valence-electron chi connectivity index (χ2n) is 6.24. The van der Waals surface area contributed by atoms with Crippen molar-refractivity contribution >= 4 is 18.0 Å². The van der Waals surface area contributed by atoms with Gasteiger partial charge in [0, 0.05) is 12.6 Å². The third kappa shape index (κ3) is 7.95. The van der Waals surface area contributed by atoms with Crippen LogP contribution in [0.5, 0.6) is 11.5 Å². The van der Waals surface area contributed by atoms with Crippen LogP contribution >= 0.6 is 0 Å². The molecule has 2 aromatic carbocycles. The SMILES string of the molecule is CCOc1ccc(CCNC(=O)COC(=O)/C=C/c2ccc(F)cc2)cc1OCC. The number of carbonyl (C=O) groups excluding carboxylic acids is 2. The van der Waals surface area contributed by atoms with Gasteiger partial charge in [-0.1, -0.05) is 18.2 Å². The minimum atomic E-state index is -0.651. The highest BCUT2D eigenvalue weighted by atomic mass is 19.1. The van der Waals surface area contributed by atoms with E-state index >= 15 is 0 Å². The van der Waals surface area contributed by atoms with E-state index in [1.807, 2.05) is 32.0 Å². The Bertz CT molecular complexity index is 864. The molecule has 6 nitrogen and oxygen atoms in total. The molecule has 0 saturated carbocycles. The molecule has 1 amide bonds. The summed E-state index contributed by atoms with van der Waals surface area (Å²) < 4.78 is 28.9. The lowest BCUT2D eigenvalue weighted by Crippen LogP contribution is -2.30. The van der Waals surface area contributed by atoms with E-state index in [0.29, 0.717) is 43.2 Å². The zero-order valence-electron chi connectivity index (χ0n) is 17.2. The third-order valence-corrected chi connectivity index (χ3v) is 3.97. The minimum Gasteiger partial charge on any atom is -0.490 e. The molecule has 0 aliphatic rings. The first-order valence-corrected chi connectivity index (χ1v) is 9.77. The number of halogens is 1. The van der Waals surface area contributed by atoms with Crippen LogP contribution in [0, 0.1) is 5.82 Å².